The van der Waals surface area contributed by atoms with Gasteiger partial charge in [-0.2, -0.15) is 0 Å². The smallest absolute Gasteiger partial charge is 0.137 e. The van der Waals surface area contributed by atoms with Gasteiger partial charge in [0.05, 0.1) is 14.2 Å². The standard InChI is InChI=1S/C9H11BrO2.C2H6O.C2H4/c1-6-4-7(11-2)9(10)8(5-6)12-3;1-3-2;1-2/h4-5H,1-3H3;1-2H3;1-2H2. The predicted molar refractivity (Wildman–Crippen MR) is 76.2 cm³/mol. The van der Waals surface area contributed by atoms with Crippen molar-refractivity contribution in [3.63, 3.8) is 0 Å². The summed E-state index contributed by atoms with van der Waals surface area (Å²) in [4.78, 5) is 0. The molecule has 0 bridgehead atoms. The van der Waals surface area contributed by atoms with Gasteiger partial charge < -0.3 is 14.2 Å². The minimum Gasteiger partial charge on any atom is -0.495 e. The van der Waals surface area contributed by atoms with Gasteiger partial charge in [0, 0.05) is 14.2 Å². The van der Waals surface area contributed by atoms with Gasteiger partial charge in [-0.15, -0.1) is 13.2 Å². The van der Waals surface area contributed by atoms with E-state index in [4.69, 9.17) is 9.47 Å². The molecule has 0 N–H and O–H groups in total. The summed E-state index contributed by atoms with van der Waals surface area (Å²) in [5.41, 5.74) is 1.12. The Labute approximate surface area is 113 Å². The van der Waals surface area contributed by atoms with Crippen LogP contribution in [-0.4, -0.2) is 28.4 Å². The van der Waals surface area contributed by atoms with Gasteiger partial charge in [0.2, 0.25) is 0 Å². The molecule has 3 nitrogen and oxygen atoms in total. The molecule has 0 aliphatic carbocycles. The summed E-state index contributed by atoms with van der Waals surface area (Å²) in [6.07, 6.45) is 0. The summed E-state index contributed by atoms with van der Waals surface area (Å²) < 4.78 is 15.4. The number of halogens is 1. The van der Waals surface area contributed by atoms with Crippen molar-refractivity contribution in [1.29, 1.82) is 0 Å². The van der Waals surface area contributed by atoms with Crippen molar-refractivity contribution in [2.75, 3.05) is 28.4 Å². The number of methoxy groups -OCH3 is 3. The first kappa shape index (κ1) is 18.4. The summed E-state index contributed by atoms with van der Waals surface area (Å²) >= 11 is 3.39. The van der Waals surface area contributed by atoms with Crippen LogP contribution in [0.2, 0.25) is 0 Å². The Hall–Kier alpha value is -1.00. The third-order valence-electron chi connectivity index (χ3n) is 1.59. The molecule has 0 saturated carbocycles. The summed E-state index contributed by atoms with van der Waals surface area (Å²) in [5.74, 6) is 1.60. The first-order chi connectivity index (χ1) is 8.10. The Morgan fingerprint density at radius 1 is 0.941 bits per heavy atom. The first-order valence-electron chi connectivity index (χ1n) is 4.88. The average molecular weight is 305 g/mol. The van der Waals surface area contributed by atoms with Crippen LogP contribution in [0.3, 0.4) is 0 Å². The average Bonchev–Trinajstić information content (AvgIpc) is 2.35. The second kappa shape index (κ2) is 11.5. The molecular weight excluding hydrogens is 284 g/mol. The van der Waals surface area contributed by atoms with Crippen LogP contribution < -0.4 is 9.47 Å². The van der Waals surface area contributed by atoms with Gasteiger partial charge in [0.1, 0.15) is 16.0 Å². The summed E-state index contributed by atoms with van der Waals surface area (Å²) in [5, 5.41) is 0. The van der Waals surface area contributed by atoms with Crippen LogP contribution in [0.1, 0.15) is 5.56 Å². The summed E-state index contributed by atoms with van der Waals surface area (Å²) in [6.45, 7) is 8.00. The van der Waals surface area contributed by atoms with Gasteiger partial charge in [0.15, 0.2) is 0 Å². The van der Waals surface area contributed by atoms with Crippen LogP contribution >= 0.6 is 15.9 Å². The van der Waals surface area contributed by atoms with E-state index in [1.165, 1.54) is 0 Å². The number of hydrogen-bond donors (Lipinski definition) is 0. The van der Waals surface area contributed by atoms with Crippen LogP contribution in [0.25, 0.3) is 0 Å². The molecule has 1 aromatic carbocycles. The molecular formula is C13H21BrO3. The largest absolute Gasteiger partial charge is 0.495 e. The summed E-state index contributed by atoms with van der Waals surface area (Å²) in [7, 11) is 6.53. The molecule has 0 amide bonds. The highest BCUT2D eigenvalue weighted by Gasteiger charge is 2.06. The highest BCUT2D eigenvalue weighted by atomic mass is 79.9. The molecule has 0 fully saturated rings. The van der Waals surface area contributed by atoms with E-state index in [1.54, 1.807) is 28.4 Å². The summed E-state index contributed by atoms with van der Waals surface area (Å²) in [6, 6.07) is 3.90. The zero-order valence-corrected chi connectivity index (χ0v) is 12.8. The lowest BCUT2D eigenvalue weighted by atomic mass is 10.2. The third kappa shape index (κ3) is 7.02. The van der Waals surface area contributed by atoms with E-state index in [9.17, 15) is 0 Å². The lowest BCUT2D eigenvalue weighted by molar-refractivity contribution is 0.277. The van der Waals surface area contributed by atoms with Crippen LogP contribution in [0, 0.1) is 6.92 Å². The van der Waals surface area contributed by atoms with E-state index in [-0.39, 0.29) is 0 Å². The van der Waals surface area contributed by atoms with Crippen LogP contribution in [-0.2, 0) is 4.74 Å². The van der Waals surface area contributed by atoms with E-state index in [2.05, 4.69) is 33.8 Å². The number of benzene rings is 1. The van der Waals surface area contributed by atoms with Crippen LogP contribution in [0.5, 0.6) is 11.5 Å². The minimum atomic E-state index is 0.798. The van der Waals surface area contributed by atoms with E-state index >= 15 is 0 Å². The molecule has 17 heavy (non-hydrogen) atoms. The monoisotopic (exact) mass is 304 g/mol. The molecule has 98 valence electrons. The normalized spacial score (nSPS) is 8.12. The molecule has 0 aliphatic heterocycles. The molecule has 0 atom stereocenters. The highest BCUT2D eigenvalue weighted by Crippen LogP contribution is 2.35. The second-order valence-corrected chi connectivity index (χ2v) is 3.68. The lowest BCUT2D eigenvalue weighted by Gasteiger charge is -2.08. The quantitative estimate of drug-likeness (QED) is 0.777. The van der Waals surface area contributed by atoms with Crippen molar-refractivity contribution in [1.82, 2.24) is 0 Å². The number of rotatable bonds is 2. The molecule has 0 spiro atoms. The van der Waals surface area contributed by atoms with E-state index in [0.29, 0.717) is 0 Å². The zero-order chi connectivity index (χ0) is 13.8. The Morgan fingerprint density at radius 3 is 1.47 bits per heavy atom. The molecule has 0 heterocycles. The van der Waals surface area contributed by atoms with Crippen molar-refractivity contribution in [2.45, 2.75) is 6.92 Å². The van der Waals surface area contributed by atoms with Crippen LogP contribution in [0.4, 0.5) is 0 Å². The van der Waals surface area contributed by atoms with Crippen molar-refractivity contribution >= 4 is 15.9 Å². The van der Waals surface area contributed by atoms with Gasteiger partial charge >= 0.3 is 0 Å². The Kier molecular flexibility index (Phi) is 12.4. The SMILES string of the molecule is C=C.COC.COc1cc(C)cc(OC)c1Br. The highest BCUT2D eigenvalue weighted by molar-refractivity contribution is 9.10. The topological polar surface area (TPSA) is 27.7 Å². The van der Waals surface area contributed by atoms with Gasteiger partial charge in [-0.25, -0.2) is 0 Å². The van der Waals surface area contributed by atoms with Crippen LogP contribution in [0.15, 0.2) is 29.8 Å². The molecule has 0 unspecified atom stereocenters. The fraction of sp³-hybridized carbons (Fsp3) is 0.385. The van der Waals surface area contributed by atoms with Gasteiger partial charge in [-0.05, 0) is 40.5 Å². The maximum Gasteiger partial charge on any atom is 0.137 e. The second-order valence-electron chi connectivity index (χ2n) is 2.89. The molecule has 1 aromatic rings. The fourth-order valence-electron chi connectivity index (χ4n) is 1.00. The lowest BCUT2D eigenvalue weighted by Crippen LogP contribution is -1.90. The molecule has 1 rings (SSSR count). The van der Waals surface area contributed by atoms with Crippen molar-refractivity contribution in [3.8, 4) is 11.5 Å². The van der Waals surface area contributed by atoms with E-state index < -0.39 is 0 Å². The van der Waals surface area contributed by atoms with Gasteiger partial charge in [-0.1, -0.05) is 0 Å². The molecule has 0 aromatic heterocycles. The van der Waals surface area contributed by atoms with Gasteiger partial charge in [0.25, 0.3) is 0 Å². The number of hydrogen-bond acceptors (Lipinski definition) is 3. The van der Waals surface area contributed by atoms with E-state index in [0.717, 1.165) is 21.5 Å². The number of aryl methyl sites for hydroxylation is 1. The van der Waals surface area contributed by atoms with Crippen molar-refractivity contribution in [2.24, 2.45) is 0 Å². The Balaban J connectivity index is 0. The maximum atomic E-state index is 5.14. The molecule has 0 aliphatic rings. The van der Waals surface area contributed by atoms with Crippen molar-refractivity contribution < 1.29 is 14.2 Å². The molecule has 0 saturated heterocycles. The predicted octanol–water partition coefficient (Wildman–Crippen LogP) is 3.84. The van der Waals surface area contributed by atoms with Gasteiger partial charge in [-0.3, -0.25) is 0 Å². The fourth-order valence-corrected chi connectivity index (χ4v) is 1.55. The number of ether oxygens (including phenoxy) is 3. The first-order valence-corrected chi connectivity index (χ1v) is 5.68. The van der Waals surface area contributed by atoms with Crippen molar-refractivity contribution in [3.05, 3.63) is 35.3 Å². The third-order valence-corrected chi connectivity index (χ3v) is 2.37. The zero-order valence-electron chi connectivity index (χ0n) is 11.2. The Morgan fingerprint density at radius 2 is 1.24 bits per heavy atom. The molecule has 4 heteroatoms. The Bertz CT molecular complexity index is 289. The maximum absolute atomic E-state index is 5.14. The minimum absolute atomic E-state index is 0.798. The van der Waals surface area contributed by atoms with E-state index in [1.807, 2.05) is 19.1 Å². The molecule has 0 radical (unpaired) electrons.